The fourth-order valence-corrected chi connectivity index (χ4v) is 3.32. The van der Waals surface area contributed by atoms with Gasteiger partial charge >= 0.3 is 6.61 Å². The number of para-hydroxylation sites is 2. The Hall–Kier alpha value is -3.01. The average molecular weight is 422 g/mol. The van der Waals surface area contributed by atoms with E-state index in [4.69, 9.17) is 0 Å². The smallest absolute Gasteiger partial charge is 0.387 e. The molecule has 6 nitrogen and oxygen atoms in total. The van der Waals surface area contributed by atoms with Gasteiger partial charge < -0.3 is 14.6 Å². The lowest BCUT2D eigenvalue weighted by molar-refractivity contribution is -0.115. The molecule has 0 saturated carbocycles. The molecule has 29 heavy (non-hydrogen) atoms. The Bertz CT molecular complexity index is 1010. The molecule has 3 aromatic rings. The van der Waals surface area contributed by atoms with Crippen molar-refractivity contribution >= 4 is 23.4 Å². The number of hydrogen-bond acceptors (Lipinski definition) is 5. The summed E-state index contributed by atoms with van der Waals surface area (Å²) in [4.78, 5) is 12.5. The summed E-state index contributed by atoms with van der Waals surface area (Å²) in [6.07, 6.45) is 0. The van der Waals surface area contributed by atoms with Crippen LogP contribution in [0.4, 0.5) is 18.9 Å². The van der Waals surface area contributed by atoms with Gasteiger partial charge in [-0.1, -0.05) is 36.0 Å². The van der Waals surface area contributed by atoms with Gasteiger partial charge in [-0.2, -0.15) is 8.78 Å². The lowest BCUT2D eigenvalue weighted by Crippen LogP contribution is -2.23. The number of nitrogens with zero attached hydrogens (tertiary/aromatic N) is 3. The summed E-state index contributed by atoms with van der Waals surface area (Å²) in [6.45, 7) is -1.37. The van der Waals surface area contributed by atoms with E-state index < -0.39 is 23.6 Å². The van der Waals surface area contributed by atoms with Gasteiger partial charge in [0.25, 0.3) is 0 Å². The number of carbonyl (C=O) groups excluding carboxylic acids is 1. The number of rotatable bonds is 7. The largest absolute Gasteiger partial charge is 0.433 e. The SMILES string of the molecule is CC(Sc1nnc(-c2ccccc2F)n1C)C(=O)Nc1ccccc1OC(F)F. The first-order valence-corrected chi connectivity index (χ1v) is 9.40. The van der Waals surface area contributed by atoms with Gasteiger partial charge in [0.15, 0.2) is 11.0 Å². The highest BCUT2D eigenvalue weighted by molar-refractivity contribution is 8.00. The van der Waals surface area contributed by atoms with Crippen LogP contribution in [0, 0.1) is 5.82 Å². The highest BCUT2D eigenvalue weighted by Crippen LogP contribution is 2.29. The zero-order chi connectivity index (χ0) is 21.0. The minimum atomic E-state index is -3.00. The molecule has 1 aromatic heterocycles. The van der Waals surface area contributed by atoms with Crippen molar-refractivity contribution in [1.82, 2.24) is 14.8 Å². The quantitative estimate of drug-likeness (QED) is 0.574. The third-order valence-electron chi connectivity index (χ3n) is 3.96. The molecule has 1 N–H and O–H groups in total. The lowest BCUT2D eigenvalue weighted by atomic mass is 10.2. The maximum absolute atomic E-state index is 14.0. The molecule has 2 aromatic carbocycles. The molecule has 0 aliphatic rings. The number of aromatic nitrogens is 3. The van der Waals surface area contributed by atoms with Crippen LogP contribution in [-0.2, 0) is 11.8 Å². The Labute approximate surface area is 169 Å². The molecule has 0 radical (unpaired) electrons. The molecule has 1 unspecified atom stereocenters. The Balaban J connectivity index is 1.72. The molecule has 10 heteroatoms. The molecule has 0 fully saturated rings. The van der Waals surface area contributed by atoms with Crippen molar-refractivity contribution in [2.24, 2.45) is 7.05 Å². The number of hydrogen-bond donors (Lipinski definition) is 1. The first-order chi connectivity index (χ1) is 13.9. The first kappa shape index (κ1) is 20.7. The van der Waals surface area contributed by atoms with Crippen LogP contribution < -0.4 is 10.1 Å². The van der Waals surface area contributed by atoms with Gasteiger partial charge in [0.1, 0.15) is 11.6 Å². The second-order valence-electron chi connectivity index (χ2n) is 5.97. The summed E-state index contributed by atoms with van der Waals surface area (Å²) >= 11 is 1.10. The molecule has 0 aliphatic heterocycles. The van der Waals surface area contributed by atoms with Gasteiger partial charge in [-0.15, -0.1) is 10.2 Å². The van der Waals surface area contributed by atoms with E-state index in [1.807, 2.05) is 0 Å². The number of nitrogens with one attached hydrogen (secondary N) is 1. The van der Waals surface area contributed by atoms with Crippen LogP contribution >= 0.6 is 11.8 Å². The number of halogens is 3. The van der Waals surface area contributed by atoms with Gasteiger partial charge in [0, 0.05) is 7.05 Å². The van der Waals surface area contributed by atoms with E-state index in [1.165, 1.54) is 24.3 Å². The highest BCUT2D eigenvalue weighted by Gasteiger charge is 2.21. The summed E-state index contributed by atoms with van der Waals surface area (Å²) in [7, 11) is 1.67. The summed E-state index contributed by atoms with van der Waals surface area (Å²) in [5.41, 5.74) is 0.430. The zero-order valence-electron chi connectivity index (χ0n) is 15.5. The van der Waals surface area contributed by atoms with Gasteiger partial charge in [-0.3, -0.25) is 4.79 Å². The van der Waals surface area contributed by atoms with Crippen molar-refractivity contribution in [2.45, 2.75) is 23.9 Å². The minimum Gasteiger partial charge on any atom is -0.433 e. The predicted molar refractivity (Wildman–Crippen MR) is 103 cm³/mol. The van der Waals surface area contributed by atoms with E-state index in [0.717, 1.165) is 11.8 Å². The number of anilines is 1. The number of amides is 1. The summed E-state index contributed by atoms with van der Waals surface area (Å²) < 4.78 is 45.0. The number of carbonyl (C=O) groups is 1. The predicted octanol–water partition coefficient (Wildman–Crippen LogP) is 4.34. The molecule has 0 spiro atoms. The van der Waals surface area contributed by atoms with Crippen LogP contribution in [0.25, 0.3) is 11.4 Å². The molecule has 0 aliphatic carbocycles. The number of alkyl halides is 2. The maximum atomic E-state index is 14.0. The number of benzene rings is 2. The molecular formula is C19H17F3N4O2S. The van der Waals surface area contributed by atoms with Crippen molar-refractivity contribution in [3.8, 4) is 17.1 Å². The zero-order valence-corrected chi connectivity index (χ0v) is 16.3. The Kier molecular flexibility index (Phi) is 6.42. The average Bonchev–Trinajstić information content (AvgIpc) is 3.03. The number of ether oxygens (including phenoxy) is 1. The van der Waals surface area contributed by atoms with Crippen LogP contribution in [0.2, 0.25) is 0 Å². The third-order valence-corrected chi connectivity index (χ3v) is 5.10. The normalized spacial score (nSPS) is 12.1. The molecular weight excluding hydrogens is 405 g/mol. The molecule has 1 amide bonds. The molecule has 152 valence electrons. The monoisotopic (exact) mass is 422 g/mol. The van der Waals surface area contributed by atoms with Crippen molar-refractivity contribution < 1.29 is 22.7 Å². The Morgan fingerprint density at radius 2 is 1.83 bits per heavy atom. The van der Waals surface area contributed by atoms with Crippen molar-refractivity contribution in [1.29, 1.82) is 0 Å². The van der Waals surface area contributed by atoms with Gasteiger partial charge in [-0.05, 0) is 31.2 Å². The van der Waals surface area contributed by atoms with Crippen molar-refractivity contribution in [2.75, 3.05) is 5.32 Å². The van der Waals surface area contributed by atoms with Gasteiger partial charge in [-0.25, -0.2) is 4.39 Å². The van der Waals surface area contributed by atoms with E-state index in [9.17, 15) is 18.0 Å². The molecule has 0 saturated heterocycles. The summed E-state index contributed by atoms with van der Waals surface area (Å²) in [5.74, 6) is -0.667. The topological polar surface area (TPSA) is 69.0 Å². The van der Waals surface area contributed by atoms with Crippen LogP contribution in [0.5, 0.6) is 5.75 Å². The number of thioether (sulfide) groups is 1. The van der Waals surface area contributed by atoms with Crippen LogP contribution in [0.15, 0.2) is 53.7 Å². The Morgan fingerprint density at radius 3 is 2.55 bits per heavy atom. The fraction of sp³-hybridized carbons (Fsp3) is 0.211. The highest BCUT2D eigenvalue weighted by atomic mass is 32.2. The van der Waals surface area contributed by atoms with Crippen molar-refractivity contribution in [3.05, 3.63) is 54.3 Å². The van der Waals surface area contributed by atoms with Crippen molar-refractivity contribution in [3.63, 3.8) is 0 Å². The first-order valence-electron chi connectivity index (χ1n) is 8.52. The van der Waals surface area contributed by atoms with E-state index >= 15 is 0 Å². The summed E-state index contributed by atoms with van der Waals surface area (Å²) in [5, 5.41) is 10.4. The Morgan fingerprint density at radius 1 is 1.14 bits per heavy atom. The van der Waals surface area contributed by atoms with E-state index in [0.29, 0.717) is 16.5 Å². The summed E-state index contributed by atoms with van der Waals surface area (Å²) in [6, 6.07) is 12.1. The van der Waals surface area contributed by atoms with Crippen LogP contribution in [0.3, 0.4) is 0 Å². The molecule has 1 heterocycles. The minimum absolute atomic E-state index is 0.131. The van der Waals surface area contributed by atoms with E-state index in [-0.39, 0.29) is 11.4 Å². The molecule has 3 rings (SSSR count). The van der Waals surface area contributed by atoms with E-state index in [1.54, 1.807) is 42.8 Å². The molecule has 1 atom stereocenters. The second-order valence-corrected chi connectivity index (χ2v) is 7.28. The van der Waals surface area contributed by atoms with Gasteiger partial charge in [0.05, 0.1) is 16.5 Å². The van der Waals surface area contributed by atoms with Crippen LogP contribution in [0.1, 0.15) is 6.92 Å². The maximum Gasteiger partial charge on any atom is 0.387 e. The lowest BCUT2D eigenvalue weighted by Gasteiger charge is -2.14. The van der Waals surface area contributed by atoms with E-state index in [2.05, 4.69) is 20.3 Å². The molecule has 0 bridgehead atoms. The fourth-order valence-electron chi connectivity index (χ4n) is 2.51. The second kappa shape index (κ2) is 8.99. The third kappa shape index (κ3) is 4.89. The van der Waals surface area contributed by atoms with Crippen LogP contribution in [-0.4, -0.2) is 32.5 Å². The van der Waals surface area contributed by atoms with Gasteiger partial charge in [0.2, 0.25) is 5.91 Å². The standard InChI is InChI=1S/C19H17F3N4O2S/c1-11(17(27)23-14-9-5-6-10-15(14)28-18(21)22)29-19-25-24-16(26(19)2)12-7-3-4-8-13(12)20/h3-11,18H,1-2H3,(H,23,27).